The molecule has 1 atom stereocenters. The second-order valence-corrected chi connectivity index (χ2v) is 4.49. The van der Waals surface area contributed by atoms with Crippen LogP contribution in [-0.4, -0.2) is 29.3 Å². The number of likely N-dealkylation sites (tertiary alicyclic amines) is 1. The first kappa shape index (κ1) is 8.36. The second-order valence-electron chi connectivity index (χ2n) is 3.87. The molecule has 1 unspecified atom stereocenters. The molecule has 0 aromatic carbocycles. The van der Waals surface area contributed by atoms with Crippen LogP contribution in [0.3, 0.4) is 0 Å². The zero-order chi connectivity index (χ0) is 8.55. The average molecular weight is 188 g/mol. The summed E-state index contributed by atoms with van der Waals surface area (Å²) < 4.78 is 0. The number of hydrogen-bond donors (Lipinski definition) is 0. The average Bonchev–Trinajstić information content (AvgIpc) is 2.72. The first-order valence-electron chi connectivity index (χ1n) is 4.67. The van der Waals surface area contributed by atoms with Gasteiger partial charge in [-0.25, -0.2) is 0 Å². The maximum absolute atomic E-state index is 11.5. The minimum atomic E-state index is 0.202. The Kier molecular flexibility index (Phi) is 2.26. The van der Waals surface area contributed by atoms with Crippen LogP contribution in [0.4, 0.5) is 0 Å². The van der Waals surface area contributed by atoms with E-state index >= 15 is 0 Å². The third kappa shape index (κ3) is 1.92. The topological polar surface area (TPSA) is 20.3 Å². The van der Waals surface area contributed by atoms with Crippen molar-refractivity contribution in [2.45, 2.75) is 31.1 Å². The molecule has 0 N–H and O–H groups in total. The van der Waals surface area contributed by atoms with E-state index in [-0.39, 0.29) is 5.38 Å². The summed E-state index contributed by atoms with van der Waals surface area (Å²) in [5.74, 6) is 1.02. The van der Waals surface area contributed by atoms with Crippen molar-refractivity contribution in [2.75, 3.05) is 13.1 Å². The van der Waals surface area contributed by atoms with Crippen LogP contribution >= 0.6 is 11.6 Å². The number of carbonyl (C=O) groups excluding carboxylic acids is 1. The zero-order valence-electron chi connectivity index (χ0n) is 7.13. The molecule has 1 aliphatic carbocycles. The molecule has 68 valence electrons. The SMILES string of the molecule is O=C(CC1CC1)N1CCC(Cl)C1. The molecule has 0 bridgehead atoms. The van der Waals surface area contributed by atoms with E-state index in [1.807, 2.05) is 4.90 Å². The molecule has 2 aliphatic rings. The standard InChI is InChI=1S/C9H14ClNO/c10-8-3-4-11(6-8)9(12)5-7-1-2-7/h7-8H,1-6H2. The van der Waals surface area contributed by atoms with E-state index in [0.717, 1.165) is 25.9 Å². The molecule has 1 saturated heterocycles. The molecule has 0 spiro atoms. The van der Waals surface area contributed by atoms with Gasteiger partial charge in [-0.2, -0.15) is 0 Å². The summed E-state index contributed by atoms with van der Waals surface area (Å²) in [5, 5.41) is 0.202. The van der Waals surface area contributed by atoms with Gasteiger partial charge in [0.25, 0.3) is 0 Å². The molecule has 0 aromatic heterocycles. The molecule has 0 aromatic rings. The molecule has 2 fully saturated rings. The Morgan fingerprint density at radius 3 is 2.67 bits per heavy atom. The largest absolute Gasteiger partial charge is 0.341 e. The van der Waals surface area contributed by atoms with E-state index < -0.39 is 0 Å². The van der Waals surface area contributed by atoms with E-state index in [9.17, 15) is 4.79 Å². The van der Waals surface area contributed by atoms with Gasteiger partial charge in [0.2, 0.25) is 5.91 Å². The monoisotopic (exact) mass is 187 g/mol. The highest BCUT2D eigenvalue weighted by Gasteiger charge is 2.30. The molecular weight excluding hydrogens is 174 g/mol. The van der Waals surface area contributed by atoms with E-state index in [4.69, 9.17) is 11.6 Å². The molecule has 1 aliphatic heterocycles. The van der Waals surface area contributed by atoms with Crippen molar-refractivity contribution in [3.63, 3.8) is 0 Å². The Balaban J connectivity index is 1.79. The second kappa shape index (κ2) is 3.25. The number of nitrogens with zero attached hydrogens (tertiary/aromatic N) is 1. The first-order chi connectivity index (χ1) is 5.75. The molecule has 1 heterocycles. The number of carbonyl (C=O) groups is 1. The van der Waals surface area contributed by atoms with E-state index in [1.54, 1.807) is 0 Å². The van der Waals surface area contributed by atoms with Crippen LogP contribution in [0, 0.1) is 5.92 Å². The van der Waals surface area contributed by atoms with Gasteiger partial charge in [0, 0.05) is 19.5 Å². The molecule has 0 radical (unpaired) electrons. The van der Waals surface area contributed by atoms with Crippen molar-refractivity contribution in [3.8, 4) is 0 Å². The Bertz CT molecular complexity index is 191. The summed E-state index contributed by atoms with van der Waals surface area (Å²) in [6.07, 6.45) is 4.25. The van der Waals surface area contributed by atoms with Gasteiger partial charge in [-0.15, -0.1) is 11.6 Å². The van der Waals surface area contributed by atoms with Crippen LogP contribution in [0.1, 0.15) is 25.7 Å². The predicted octanol–water partition coefficient (Wildman–Crippen LogP) is 1.63. The quantitative estimate of drug-likeness (QED) is 0.602. The fraction of sp³-hybridized carbons (Fsp3) is 0.889. The van der Waals surface area contributed by atoms with Crippen LogP contribution in [0.2, 0.25) is 0 Å². The molecule has 2 rings (SSSR count). The minimum absolute atomic E-state index is 0.202. The van der Waals surface area contributed by atoms with Gasteiger partial charge in [0.05, 0.1) is 5.38 Å². The van der Waals surface area contributed by atoms with E-state index in [2.05, 4.69) is 0 Å². The summed E-state index contributed by atoms with van der Waals surface area (Å²) in [7, 11) is 0. The van der Waals surface area contributed by atoms with Crippen molar-refractivity contribution in [2.24, 2.45) is 5.92 Å². The van der Waals surface area contributed by atoms with Gasteiger partial charge in [0.1, 0.15) is 0 Å². The highest BCUT2D eigenvalue weighted by atomic mass is 35.5. The highest BCUT2D eigenvalue weighted by Crippen LogP contribution is 2.33. The molecule has 3 heteroatoms. The lowest BCUT2D eigenvalue weighted by Gasteiger charge is -2.14. The van der Waals surface area contributed by atoms with Crippen LogP contribution in [-0.2, 0) is 4.79 Å². The summed E-state index contributed by atoms with van der Waals surface area (Å²) in [6.45, 7) is 1.65. The third-order valence-electron chi connectivity index (χ3n) is 2.64. The lowest BCUT2D eigenvalue weighted by molar-refractivity contribution is -0.130. The smallest absolute Gasteiger partial charge is 0.222 e. The number of alkyl halides is 1. The van der Waals surface area contributed by atoms with Gasteiger partial charge in [-0.1, -0.05) is 0 Å². The van der Waals surface area contributed by atoms with Crippen molar-refractivity contribution in [1.29, 1.82) is 0 Å². The van der Waals surface area contributed by atoms with Crippen molar-refractivity contribution in [3.05, 3.63) is 0 Å². The van der Waals surface area contributed by atoms with E-state index in [1.165, 1.54) is 12.8 Å². The van der Waals surface area contributed by atoms with Gasteiger partial charge < -0.3 is 4.90 Å². The van der Waals surface area contributed by atoms with Crippen molar-refractivity contribution >= 4 is 17.5 Å². The maximum atomic E-state index is 11.5. The van der Waals surface area contributed by atoms with Crippen molar-refractivity contribution in [1.82, 2.24) is 4.90 Å². The third-order valence-corrected chi connectivity index (χ3v) is 3.00. The van der Waals surface area contributed by atoms with Crippen molar-refractivity contribution < 1.29 is 4.79 Å². The fourth-order valence-electron chi connectivity index (χ4n) is 1.64. The summed E-state index contributed by atoms with van der Waals surface area (Å²) in [5.41, 5.74) is 0. The summed E-state index contributed by atoms with van der Waals surface area (Å²) in [6, 6.07) is 0. The number of amides is 1. The number of halogens is 1. The lowest BCUT2D eigenvalue weighted by Crippen LogP contribution is -2.28. The van der Waals surface area contributed by atoms with E-state index in [0.29, 0.717) is 11.8 Å². The predicted molar refractivity (Wildman–Crippen MR) is 48.2 cm³/mol. The van der Waals surface area contributed by atoms with Crippen LogP contribution in [0.25, 0.3) is 0 Å². The number of rotatable bonds is 2. The van der Waals surface area contributed by atoms with Gasteiger partial charge in [0.15, 0.2) is 0 Å². The summed E-state index contributed by atoms with van der Waals surface area (Å²) in [4.78, 5) is 13.4. The Hall–Kier alpha value is -0.240. The Morgan fingerprint density at radius 1 is 1.42 bits per heavy atom. The minimum Gasteiger partial charge on any atom is -0.341 e. The Labute approximate surface area is 77.9 Å². The zero-order valence-corrected chi connectivity index (χ0v) is 7.89. The molecular formula is C9H14ClNO. The first-order valence-corrected chi connectivity index (χ1v) is 5.11. The summed E-state index contributed by atoms with van der Waals surface area (Å²) >= 11 is 5.91. The molecule has 1 amide bonds. The van der Waals surface area contributed by atoms with Gasteiger partial charge in [-0.3, -0.25) is 4.79 Å². The van der Waals surface area contributed by atoms with Crippen LogP contribution < -0.4 is 0 Å². The van der Waals surface area contributed by atoms with Crippen LogP contribution in [0.5, 0.6) is 0 Å². The number of hydrogen-bond acceptors (Lipinski definition) is 1. The van der Waals surface area contributed by atoms with Crippen LogP contribution in [0.15, 0.2) is 0 Å². The molecule has 12 heavy (non-hydrogen) atoms. The Morgan fingerprint density at radius 2 is 2.17 bits per heavy atom. The van der Waals surface area contributed by atoms with Gasteiger partial charge >= 0.3 is 0 Å². The fourth-order valence-corrected chi connectivity index (χ4v) is 1.91. The van der Waals surface area contributed by atoms with Gasteiger partial charge in [-0.05, 0) is 25.2 Å². The normalized spacial score (nSPS) is 29.4. The maximum Gasteiger partial charge on any atom is 0.222 e. The lowest BCUT2D eigenvalue weighted by atomic mass is 10.2. The highest BCUT2D eigenvalue weighted by molar-refractivity contribution is 6.21. The molecule has 2 nitrogen and oxygen atoms in total. The molecule has 1 saturated carbocycles.